The van der Waals surface area contributed by atoms with Gasteiger partial charge in [0.15, 0.2) is 6.29 Å². The van der Waals surface area contributed by atoms with Crippen LogP contribution in [0.25, 0.3) is 10.9 Å². The molecule has 0 saturated carbocycles. The van der Waals surface area contributed by atoms with Gasteiger partial charge in [0.25, 0.3) is 0 Å². The average molecular weight is 177 g/mol. The van der Waals surface area contributed by atoms with Gasteiger partial charge in [-0.1, -0.05) is 12.1 Å². The van der Waals surface area contributed by atoms with Crippen LogP contribution < -0.4 is 0 Å². The van der Waals surface area contributed by atoms with E-state index in [1.165, 1.54) is 6.07 Å². The number of hydrogen-bond donors (Lipinski definition) is 0. The van der Waals surface area contributed by atoms with Crippen LogP contribution in [0.4, 0.5) is 4.39 Å². The Morgan fingerprint density at radius 1 is 1.46 bits per heavy atom. The average Bonchev–Trinajstić information content (AvgIpc) is 2.44. The van der Waals surface area contributed by atoms with Crippen molar-refractivity contribution in [2.45, 2.75) is 0 Å². The Bertz CT molecular complexity index is 473. The van der Waals surface area contributed by atoms with Crippen LogP contribution in [0.3, 0.4) is 0 Å². The van der Waals surface area contributed by atoms with Crippen LogP contribution in [-0.2, 0) is 7.05 Å². The second-order valence-corrected chi connectivity index (χ2v) is 2.92. The molecule has 0 fully saturated rings. The van der Waals surface area contributed by atoms with E-state index in [0.29, 0.717) is 11.2 Å². The van der Waals surface area contributed by atoms with Crippen molar-refractivity contribution in [3.8, 4) is 0 Å². The Balaban J connectivity index is 2.92. The highest BCUT2D eigenvalue weighted by Crippen LogP contribution is 2.20. The van der Waals surface area contributed by atoms with E-state index in [4.69, 9.17) is 0 Å². The minimum Gasteiger partial charge on any atom is -0.339 e. The molecule has 1 aromatic carbocycles. The number of halogens is 1. The lowest BCUT2D eigenvalue weighted by Gasteiger charge is -1.98. The fraction of sp³-hybridized carbons (Fsp3) is 0.100. The smallest absolute Gasteiger partial charge is 0.166 e. The SMILES string of the molecule is Cn1c(C=O)cc2cccc(F)c21. The van der Waals surface area contributed by atoms with E-state index < -0.39 is 0 Å². The van der Waals surface area contributed by atoms with Gasteiger partial charge in [-0.05, 0) is 12.1 Å². The van der Waals surface area contributed by atoms with E-state index in [1.54, 1.807) is 29.8 Å². The summed E-state index contributed by atoms with van der Waals surface area (Å²) in [5, 5.41) is 0.754. The largest absolute Gasteiger partial charge is 0.339 e. The van der Waals surface area contributed by atoms with Crippen molar-refractivity contribution in [2.75, 3.05) is 0 Å². The van der Waals surface area contributed by atoms with Crippen molar-refractivity contribution in [1.29, 1.82) is 0 Å². The predicted octanol–water partition coefficient (Wildman–Crippen LogP) is 2.13. The molecule has 13 heavy (non-hydrogen) atoms. The van der Waals surface area contributed by atoms with Gasteiger partial charge in [-0.2, -0.15) is 0 Å². The fourth-order valence-electron chi connectivity index (χ4n) is 1.50. The van der Waals surface area contributed by atoms with Crippen molar-refractivity contribution < 1.29 is 9.18 Å². The standard InChI is InChI=1S/C10H8FNO/c1-12-8(6-13)5-7-3-2-4-9(11)10(7)12/h2-6H,1H3. The van der Waals surface area contributed by atoms with E-state index in [0.717, 1.165) is 11.7 Å². The zero-order chi connectivity index (χ0) is 9.42. The van der Waals surface area contributed by atoms with Gasteiger partial charge in [-0.3, -0.25) is 4.79 Å². The molecule has 0 aliphatic carbocycles. The molecule has 0 saturated heterocycles. The van der Waals surface area contributed by atoms with Crippen molar-refractivity contribution in [3.63, 3.8) is 0 Å². The van der Waals surface area contributed by atoms with E-state index in [2.05, 4.69) is 0 Å². The topological polar surface area (TPSA) is 22.0 Å². The first-order valence-electron chi connectivity index (χ1n) is 3.93. The maximum Gasteiger partial charge on any atom is 0.166 e. The van der Waals surface area contributed by atoms with Crippen LogP contribution >= 0.6 is 0 Å². The maximum absolute atomic E-state index is 13.3. The Labute approximate surface area is 74.6 Å². The summed E-state index contributed by atoms with van der Waals surface area (Å²) < 4.78 is 14.8. The Kier molecular flexibility index (Phi) is 1.65. The summed E-state index contributed by atoms with van der Waals surface area (Å²) >= 11 is 0. The number of nitrogens with zero attached hydrogens (tertiary/aromatic N) is 1. The van der Waals surface area contributed by atoms with Crippen LogP contribution in [0.1, 0.15) is 10.5 Å². The van der Waals surface area contributed by atoms with Crippen molar-refractivity contribution in [3.05, 3.63) is 35.8 Å². The lowest BCUT2D eigenvalue weighted by molar-refractivity contribution is 0.111. The molecule has 0 N–H and O–H groups in total. The number of hydrogen-bond acceptors (Lipinski definition) is 1. The van der Waals surface area contributed by atoms with Crippen molar-refractivity contribution in [1.82, 2.24) is 4.57 Å². The van der Waals surface area contributed by atoms with Crippen molar-refractivity contribution in [2.24, 2.45) is 7.05 Å². The summed E-state index contributed by atoms with van der Waals surface area (Å²) in [6.45, 7) is 0. The normalized spacial score (nSPS) is 10.6. The van der Waals surface area contributed by atoms with Gasteiger partial charge < -0.3 is 4.57 Å². The Morgan fingerprint density at radius 3 is 2.85 bits per heavy atom. The molecule has 1 heterocycles. The molecular weight excluding hydrogens is 169 g/mol. The van der Waals surface area contributed by atoms with E-state index >= 15 is 0 Å². The highest BCUT2D eigenvalue weighted by atomic mass is 19.1. The number of carbonyl (C=O) groups is 1. The summed E-state index contributed by atoms with van der Waals surface area (Å²) in [4.78, 5) is 10.6. The van der Waals surface area contributed by atoms with Crippen molar-refractivity contribution >= 4 is 17.2 Å². The van der Waals surface area contributed by atoms with E-state index in [-0.39, 0.29) is 5.82 Å². The van der Waals surface area contributed by atoms with Crippen LogP contribution in [0.5, 0.6) is 0 Å². The number of benzene rings is 1. The number of aromatic nitrogens is 1. The first kappa shape index (κ1) is 7.98. The quantitative estimate of drug-likeness (QED) is 0.611. The lowest BCUT2D eigenvalue weighted by Crippen LogP contribution is -1.94. The van der Waals surface area contributed by atoms with Gasteiger partial charge in [0.1, 0.15) is 5.82 Å². The number of aryl methyl sites for hydroxylation is 1. The van der Waals surface area contributed by atoms with Gasteiger partial charge in [0.2, 0.25) is 0 Å². The molecule has 2 rings (SSSR count). The number of rotatable bonds is 1. The highest BCUT2D eigenvalue weighted by Gasteiger charge is 2.07. The number of aldehydes is 1. The van der Waals surface area contributed by atoms with Crippen LogP contribution in [-0.4, -0.2) is 10.9 Å². The van der Waals surface area contributed by atoms with Gasteiger partial charge in [0, 0.05) is 12.4 Å². The summed E-state index contributed by atoms with van der Waals surface area (Å²) in [5.74, 6) is -0.298. The second kappa shape index (κ2) is 2.69. The molecule has 0 radical (unpaired) electrons. The highest BCUT2D eigenvalue weighted by molar-refractivity contribution is 5.89. The molecule has 2 aromatic rings. The van der Waals surface area contributed by atoms with Crippen LogP contribution in [0, 0.1) is 5.82 Å². The van der Waals surface area contributed by atoms with Gasteiger partial charge in [0.05, 0.1) is 11.2 Å². The summed E-state index contributed by atoms with van der Waals surface area (Å²) in [5.41, 5.74) is 0.963. The zero-order valence-electron chi connectivity index (χ0n) is 7.12. The molecule has 0 bridgehead atoms. The van der Waals surface area contributed by atoms with E-state index in [9.17, 15) is 9.18 Å². The second-order valence-electron chi connectivity index (χ2n) is 2.92. The van der Waals surface area contributed by atoms with Gasteiger partial charge in [-0.25, -0.2) is 4.39 Å². The Morgan fingerprint density at radius 2 is 2.23 bits per heavy atom. The third-order valence-electron chi connectivity index (χ3n) is 2.16. The third-order valence-corrected chi connectivity index (χ3v) is 2.16. The molecule has 0 unspecified atom stereocenters. The van der Waals surface area contributed by atoms with E-state index in [1.807, 2.05) is 0 Å². The lowest BCUT2D eigenvalue weighted by atomic mass is 10.2. The first-order valence-corrected chi connectivity index (χ1v) is 3.93. The van der Waals surface area contributed by atoms with Crippen LogP contribution in [0.15, 0.2) is 24.3 Å². The molecular formula is C10H8FNO. The molecule has 0 aliphatic heterocycles. The third kappa shape index (κ3) is 1.04. The molecule has 3 heteroatoms. The Hall–Kier alpha value is -1.64. The summed E-state index contributed by atoms with van der Waals surface area (Å²) in [7, 11) is 1.68. The molecule has 0 spiro atoms. The maximum atomic E-state index is 13.3. The monoisotopic (exact) mass is 177 g/mol. The first-order chi connectivity index (χ1) is 6.24. The zero-order valence-corrected chi connectivity index (χ0v) is 7.12. The minimum atomic E-state index is -0.298. The molecule has 2 nitrogen and oxygen atoms in total. The number of carbonyl (C=O) groups excluding carboxylic acids is 1. The number of para-hydroxylation sites is 1. The molecule has 0 atom stereocenters. The van der Waals surface area contributed by atoms with Crippen LogP contribution in [0.2, 0.25) is 0 Å². The fourth-order valence-corrected chi connectivity index (χ4v) is 1.50. The van der Waals surface area contributed by atoms with Gasteiger partial charge >= 0.3 is 0 Å². The molecule has 0 amide bonds. The summed E-state index contributed by atoms with van der Waals surface area (Å²) in [6.07, 6.45) is 0.722. The summed E-state index contributed by atoms with van der Waals surface area (Å²) in [6, 6.07) is 6.47. The molecule has 1 aromatic heterocycles. The number of fused-ring (bicyclic) bond motifs is 1. The molecule has 0 aliphatic rings. The minimum absolute atomic E-state index is 0.298. The predicted molar refractivity (Wildman–Crippen MR) is 48.3 cm³/mol. The molecule has 66 valence electrons. The van der Waals surface area contributed by atoms with Gasteiger partial charge in [-0.15, -0.1) is 0 Å².